The van der Waals surface area contributed by atoms with Crippen LogP contribution in [0.1, 0.15) is 22.7 Å². The Hall–Kier alpha value is -1.22. The van der Waals surface area contributed by atoms with Crippen molar-refractivity contribution in [2.24, 2.45) is 5.73 Å². The van der Waals surface area contributed by atoms with Gasteiger partial charge >= 0.3 is 0 Å². The van der Waals surface area contributed by atoms with Crippen molar-refractivity contribution in [1.29, 1.82) is 0 Å². The van der Waals surface area contributed by atoms with Gasteiger partial charge in [-0.1, -0.05) is 47.5 Å². The monoisotopic (exact) mass is 295 g/mol. The minimum absolute atomic E-state index is 0.356. The standard InChI is InChI=1S/C15H15Cl2NO/c1-9-4-3-5-12(14(9)17)15(18)11-7-6-10(19-2)8-13(11)16/h3-8,15H,18H2,1-2H3. The molecule has 0 amide bonds. The Morgan fingerprint density at radius 1 is 1.11 bits per heavy atom. The average Bonchev–Trinajstić information content (AvgIpc) is 2.41. The molecule has 0 radical (unpaired) electrons. The van der Waals surface area contributed by atoms with E-state index in [1.54, 1.807) is 13.2 Å². The molecule has 0 aromatic heterocycles. The molecule has 0 spiro atoms. The Labute approximate surface area is 123 Å². The molecule has 0 fully saturated rings. The first kappa shape index (κ1) is 14.2. The average molecular weight is 296 g/mol. The van der Waals surface area contributed by atoms with E-state index in [9.17, 15) is 0 Å². The van der Waals surface area contributed by atoms with Crippen LogP contribution in [0.3, 0.4) is 0 Å². The fourth-order valence-electron chi connectivity index (χ4n) is 1.96. The van der Waals surface area contributed by atoms with Gasteiger partial charge in [0.1, 0.15) is 5.75 Å². The number of benzene rings is 2. The lowest BCUT2D eigenvalue weighted by Gasteiger charge is -2.17. The molecule has 2 aromatic carbocycles. The van der Waals surface area contributed by atoms with E-state index in [1.165, 1.54) is 0 Å². The molecule has 4 heteroatoms. The Kier molecular flexibility index (Phi) is 4.35. The number of ether oxygens (including phenoxy) is 1. The van der Waals surface area contributed by atoms with Gasteiger partial charge in [0, 0.05) is 10.0 Å². The molecule has 2 aromatic rings. The summed E-state index contributed by atoms with van der Waals surface area (Å²) in [6.07, 6.45) is 0. The van der Waals surface area contributed by atoms with Crippen LogP contribution in [0.15, 0.2) is 36.4 Å². The molecule has 2 rings (SSSR count). The lowest BCUT2D eigenvalue weighted by atomic mass is 9.98. The van der Waals surface area contributed by atoms with Crippen LogP contribution >= 0.6 is 23.2 Å². The van der Waals surface area contributed by atoms with E-state index in [0.29, 0.717) is 15.8 Å². The Morgan fingerprint density at radius 2 is 1.84 bits per heavy atom. The van der Waals surface area contributed by atoms with Crippen molar-refractivity contribution in [1.82, 2.24) is 0 Å². The Balaban J connectivity index is 2.44. The van der Waals surface area contributed by atoms with Crippen molar-refractivity contribution in [3.05, 3.63) is 63.1 Å². The second kappa shape index (κ2) is 5.83. The van der Waals surface area contributed by atoms with Crippen LogP contribution in [0.4, 0.5) is 0 Å². The number of halogens is 2. The van der Waals surface area contributed by atoms with Gasteiger partial charge in [0.2, 0.25) is 0 Å². The number of hydrogen-bond acceptors (Lipinski definition) is 2. The summed E-state index contributed by atoms with van der Waals surface area (Å²) in [5, 5.41) is 1.26. The molecule has 19 heavy (non-hydrogen) atoms. The SMILES string of the molecule is COc1ccc(C(N)c2cccc(C)c2Cl)c(Cl)c1. The van der Waals surface area contributed by atoms with Crippen LogP contribution < -0.4 is 10.5 Å². The molecule has 0 bridgehead atoms. The largest absolute Gasteiger partial charge is 0.497 e. The summed E-state index contributed by atoms with van der Waals surface area (Å²) in [7, 11) is 1.60. The third-order valence-corrected chi connectivity index (χ3v) is 3.94. The molecule has 0 aliphatic carbocycles. The molecule has 1 atom stereocenters. The van der Waals surface area contributed by atoms with Crippen molar-refractivity contribution in [2.75, 3.05) is 7.11 Å². The van der Waals surface area contributed by atoms with E-state index >= 15 is 0 Å². The number of methoxy groups -OCH3 is 1. The van der Waals surface area contributed by atoms with Crippen molar-refractivity contribution in [3.63, 3.8) is 0 Å². The summed E-state index contributed by atoms with van der Waals surface area (Å²) in [6, 6.07) is 10.9. The van der Waals surface area contributed by atoms with Crippen LogP contribution in [0, 0.1) is 6.92 Å². The van der Waals surface area contributed by atoms with Crippen molar-refractivity contribution >= 4 is 23.2 Å². The predicted octanol–water partition coefficient (Wildman–Crippen LogP) is 4.36. The number of aryl methyl sites for hydroxylation is 1. The van der Waals surface area contributed by atoms with E-state index in [1.807, 2.05) is 37.3 Å². The zero-order valence-corrected chi connectivity index (χ0v) is 12.3. The van der Waals surface area contributed by atoms with Gasteiger partial charge in [-0.25, -0.2) is 0 Å². The first-order valence-electron chi connectivity index (χ1n) is 5.88. The van der Waals surface area contributed by atoms with Gasteiger partial charge in [-0.3, -0.25) is 0 Å². The van der Waals surface area contributed by atoms with E-state index < -0.39 is 0 Å². The summed E-state index contributed by atoms with van der Waals surface area (Å²) in [5.74, 6) is 0.705. The molecule has 0 aliphatic heterocycles. The first-order valence-corrected chi connectivity index (χ1v) is 6.64. The van der Waals surface area contributed by atoms with E-state index in [0.717, 1.165) is 16.7 Å². The molecule has 2 nitrogen and oxygen atoms in total. The lowest BCUT2D eigenvalue weighted by Crippen LogP contribution is -2.13. The van der Waals surface area contributed by atoms with Gasteiger partial charge in [0.25, 0.3) is 0 Å². The maximum Gasteiger partial charge on any atom is 0.120 e. The Bertz CT molecular complexity index is 599. The number of nitrogens with two attached hydrogens (primary N) is 1. The topological polar surface area (TPSA) is 35.2 Å². The summed E-state index contributed by atoms with van der Waals surface area (Å²) in [6.45, 7) is 1.95. The summed E-state index contributed by atoms with van der Waals surface area (Å²) >= 11 is 12.5. The minimum Gasteiger partial charge on any atom is -0.497 e. The molecule has 1 unspecified atom stereocenters. The lowest BCUT2D eigenvalue weighted by molar-refractivity contribution is 0.414. The first-order chi connectivity index (χ1) is 9.04. The van der Waals surface area contributed by atoms with Crippen molar-refractivity contribution in [2.45, 2.75) is 13.0 Å². The maximum atomic E-state index is 6.30. The summed E-state index contributed by atoms with van der Waals surface area (Å²) < 4.78 is 5.13. The van der Waals surface area contributed by atoms with Crippen molar-refractivity contribution < 1.29 is 4.74 Å². The second-order valence-electron chi connectivity index (χ2n) is 4.34. The summed E-state index contributed by atoms with van der Waals surface area (Å²) in [4.78, 5) is 0. The van der Waals surface area contributed by atoms with Crippen LogP contribution in [0.2, 0.25) is 10.0 Å². The molecule has 100 valence electrons. The highest BCUT2D eigenvalue weighted by Crippen LogP contribution is 2.33. The fraction of sp³-hybridized carbons (Fsp3) is 0.200. The predicted molar refractivity (Wildman–Crippen MR) is 80.2 cm³/mol. The highest BCUT2D eigenvalue weighted by molar-refractivity contribution is 6.32. The normalized spacial score (nSPS) is 12.3. The van der Waals surface area contributed by atoms with Crippen LogP contribution in [-0.2, 0) is 0 Å². The minimum atomic E-state index is -0.356. The van der Waals surface area contributed by atoms with Crippen molar-refractivity contribution in [3.8, 4) is 5.75 Å². The molecule has 0 aliphatic rings. The fourth-order valence-corrected chi connectivity index (χ4v) is 2.50. The molecular formula is C15H15Cl2NO. The van der Waals surface area contributed by atoms with Gasteiger partial charge in [-0.2, -0.15) is 0 Å². The molecule has 0 saturated heterocycles. The van der Waals surface area contributed by atoms with Gasteiger partial charge in [0.15, 0.2) is 0 Å². The van der Waals surface area contributed by atoms with Gasteiger partial charge in [0.05, 0.1) is 13.2 Å². The zero-order valence-electron chi connectivity index (χ0n) is 10.8. The van der Waals surface area contributed by atoms with Gasteiger partial charge in [-0.05, 0) is 35.7 Å². The zero-order chi connectivity index (χ0) is 14.0. The second-order valence-corrected chi connectivity index (χ2v) is 5.13. The van der Waals surface area contributed by atoms with E-state index in [-0.39, 0.29) is 6.04 Å². The van der Waals surface area contributed by atoms with Gasteiger partial charge in [-0.15, -0.1) is 0 Å². The third kappa shape index (κ3) is 2.86. The smallest absolute Gasteiger partial charge is 0.120 e. The summed E-state index contributed by atoms with van der Waals surface area (Å²) in [5.41, 5.74) is 8.97. The molecule has 0 heterocycles. The molecule has 0 saturated carbocycles. The molecule has 2 N–H and O–H groups in total. The number of hydrogen-bond donors (Lipinski definition) is 1. The van der Waals surface area contributed by atoms with Gasteiger partial charge < -0.3 is 10.5 Å². The molecular weight excluding hydrogens is 281 g/mol. The van der Waals surface area contributed by atoms with E-state index in [4.69, 9.17) is 33.7 Å². The third-order valence-electron chi connectivity index (χ3n) is 3.10. The highest BCUT2D eigenvalue weighted by atomic mass is 35.5. The number of rotatable bonds is 3. The maximum absolute atomic E-state index is 6.30. The Morgan fingerprint density at radius 3 is 2.47 bits per heavy atom. The van der Waals surface area contributed by atoms with Crippen LogP contribution in [0.25, 0.3) is 0 Å². The quantitative estimate of drug-likeness (QED) is 0.913. The van der Waals surface area contributed by atoms with Crippen LogP contribution in [-0.4, -0.2) is 7.11 Å². The highest BCUT2D eigenvalue weighted by Gasteiger charge is 2.16. The van der Waals surface area contributed by atoms with E-state index in [2.05, 4.69) is 0 Å². The van der Waals surface area contributed by atoms with Crippen LogP contribution in [0.5, 0.6) is 5.75 Å².